The van der Waals surface area contributed by atoms with Crippen LogP contribution in [0.15, 0.2) is 64.3 Å². The molecule has 0 unspecified atom stereocenters. The SMILES string of the molecule is CC(=O)c1cccc(NC(=O)c2ccccc2SCc2cscn2)c1. The summed E-state index contributed by atoms with van der Waals surface area (Å²) in [6, 6.07) is 14.4. The van der Waals surface area contributed by atoms with Gasteiger partial charge in [-0.2, -0.15) is 0 Å². The van der Waals surface area contributed by atoms with Crippen LogP contribution in [0.25, 0.3) is 0 Å². The second-order valence-corrected chi connectivity index (χ2v) is 7.09. The van der Waals surface area contributed by atoms with E-state index in [1.54, 1.807) is 58.9 Å². The average Bonchev–Trinajstić information content (AvgIpc) is 3.14. The number of thioether (sulfide) groups is 1. The fourth-order valence-electron chi connectivity index (χ4n) is 2.25. The van der Waals surface area contributed by atoms with Crippen LogP contribution in [-0.2, 0) is 5.75 Å². The molecule has 1 amide bonds. The van der Waals surface area contributed by atoms with Gasteiger partial charge >= 0.3 is 0 Å². The largest absolute Gasteiger partial charge is 0.322 e. The number of thiazole rings is 1. The van der Waals surface area contributed by atoms with Crippen molar-refractivity contribution in [2.24, 2.45) is 0 Å². The van der Waals surface area contributed by atoms with E-state index in [4.69, 9.17) is 0 Å². The summed E-state index contributed by atoms with van der Waals surface area (Å²) < 4.78 is 0. The highest BCUT2D eigenvalue weighted by atomic mass is 32.2. The maximum Gasteiger partial charge on any atom is 0.256 e. The lowest BCUT2D eigenvalue weighted by molar-refractivity contribution is 0.101. The Hall–Kier alpha value is -2.44. The number of carbonyl (C=O) groups excluding carboxylic acids is 2. The van der Waals surface area contributed by atoms with Crippen molar-refractivity contribution in [3.63, 3.8) is 0 Å². The molecule has 0 bridgehead atoms. The lowest BCUT2D eigenvalue weighted by Crippen LogP contribution is -2.13. The third-order valence-corrected chi connectivity index (χ3v) is 5.26. The molecule has 0 spiro atoms. The van der Waals surface area contributed by atoms with Gasteiger partial charge in [0.2, 0.25) is 0 Å². The minimum absolute atomic E-state index is 0.0321. The molecule has 2 aromatic carbocycles. The molecule has 3 rings (SSSR count). The molecule has 126 valence electrons. The van der Waals surface area contributed by atoms with Crippen molar-refractivity contribution in [3.05, 3.63) is 76.2 Å². The van der Waals surface area contributed by atoms with E-state index >= 15 is 0 Å². The first-order valence-electron chi connectivity index (χ1n) is 7.65. The summed E-state index contributed by atoms with van der Waals surface area (Å²) in [4.78, 5) is 29.3. The monoisotopic (exact) mass is 368 g/mol. The molecule has 0 aliphatic rings. The van der Waals surface area contributed by atoms with Gasteiger partial charge in [0, 0.05) is 27.3 Å². The highest BCUT2D eigenvalue weighted by Gasteiger charge is 2.12. The molecule has 0 radical (unpaired) electrons. The molecule has 1 aromatic heterocycles. The molecule has 0 saturated heterocycles. The molecule has 0 saturated carbocycles. The summed E-state index contributed by atoms with van der Waals surface area (Å²) in [5.41, 5.74) is 4.59. The van der Waals surface area contributed by atoms with E-state index in [1.807, 2.05) is 23.6 Å². The predicted octanol–water partition coefficient (Wildman–Crippen LogP) is 4.89. The first-order valence-corrected chi connectivity index (χ1v) is 9.57. The van der Waals surface area contributed by atoms with Gasteiger partial charge in [-0.1, -0.05) is 24.3 Å². The Balaban J connectivity index is 1.75. The Morgan fingerprint density at radius 2 is 2.00 bits per heavy atom. The number of ketones is 1. The lowest BCUT2D eigenvalue weighted by Gasteiger charge is -2.10. The Morgan fingerprint density at radius 1 is 1.16 bits per heavy atom. The Morgan fingerprint density at radius 3 is 2.76 bits per heavy atom. The van der Waals surface area contributed by atoms with E-state index in [0.29, 0.717) is 22.6 Å². The molecule has 0 atom stereocenters. The number of aromatic nitrogens is 1. The maximum absolute atomic E-state index is 12.7. The molecule has 1 N–H and O–H groups in total. The summed E-state index contributed by atoms with van der Waals surface area (Å²) in [5, 5.41) is 4.87. The molecule has 6 heteroatoms. The van der Waals surface area contributed by atoms with Gasteiger partial charge < -0.3 is 5.32 Å². The Labute approximate surface area is 154 Å². The van der Waals surface area contributed by atoms with Gasteiger partial charge in [-0.15, -0.1) is 23.1 Å². The molecule has 0 fully saturated rings. The molecule has 3 aromatic rings. The van der Waals surface area contributed by atoms with Crippen LogP contribution in [-0.4, -0.2) is 16.7 Å². The van der Waals surface area contributed by atoms with Gasteiger partial charge in [0.15, 0.2) is 5.78 Å². The number of rotatable bonds is 6. The van der Waals surface area contributed by atoms with Crippen LogP contribution in [0.2, 0.25) is 0 Å². The van der Waals surface area contributed by atoms with E-state index in [-0.39, 0.29) is 11.7 Å². The number of nitrogens with zero attached hydrogens (tertiary/aromatic N) is 1. The van der Waals surface area contributed by atoms with Crippen LogP contribution in [0, 0.1) is 0 Å². The van der Waals surface area contributed by atoms with Crippen molar-refractivity contribution in [2.45, 2.75) is 17.6 Å². The number of hydrogen-bond donors (Lipinski definition) is 1. The van der Waals surface area contributed by atoms with Crippen LogP contribution in [0.3, 0.4) is 0 Å². The van der Waals surface area contributed by atoms with Gasteiger partial charge in [0.05, 0.1) is 16.8 Å². The lowest BCUT2D eigenvalue weighted by atomic mass is 10.1. The van der Waals surface area contributed by atoms with E-state index in [1.165, 1.54) is 6.92 Å². The van der Waals surface area contributed by atoms with Crippen LogP contribution in [0.5, 0.6) is 0 Å². The molecule has 4 nitrogen and oxygen atoms in total. The quantitative estimate of drug-likeness (QED) is 0.497. The van der Waals surface area contributed by atoms with Crippen LogP contribution < -0.4 is 5.32 Å². The molecule has 0 aliphatic heterocycles. The van der Waals surface area contributed by atoms with Gasteiger partial charge in [-0.3, -0.25) is 9.59 Å². The van der Waals surface area contributed by atoms with Crippen LogP contribution >= 0.6 is 23.1 Å². The molecular formula is C19H16N2O2S2. The number of carbonyl (C=O) groups is 2. The number of hydrogen-bond acceptors (Lipinski definition) is 5. The fourth-order valence-corrected chi connectivity index (χ4v) is 3.87. The summed E-state index contributed by atoms with van der Waals surface area (Å²) in [5.74, 6) is 0.491. The van der Waals surface area contributed by atoms with E-state index in [0.717, 1.165) is 10.6 Å². The molecular weight excluding hydrogens is 352 g/mol. The number of amides is 1. The van der Waals surface area contributed by atoms with Gasteiger partial charge in [-0.05, 0) is 31.2 Å². The van der Waals surface area contributed by atoms with E-state index < -0.39 is 0 Å². The Bertz CT molecular complexity index is 892. The minimum atomic E-state index is -0.193. The topological polar surface area (TPSA) is 59.1 Å². The number of nitrogens with one attached hydrogen (secondary N) is 1. The number of anilines is 1. The first-order chi connectivity index (χ1) is 12.1. The fraction of sp³-hybridized carbons (Fsp3) is 0.105. The van der Waals surface area contributed by atoms with Crippen molar-refractivity contribution in [1.82, 2.24) is 4.98 Å². The van der Waals surface area contributed by atoms with E-state index in [9.17, 15) is 9.59 Å². The molecule has 25 heavy (non-hydrogen) atoms. The second-order valence-electron chi connectivity index (χ2n) is 5.36. The van der Waals surface area contributed by atoms with Crippen LogP contribution in [0.1, 0.15) is 33.3 Å². The smallest absolute Gasteiger partial charge is 0.256 e. The first kappa shape index (κ1) is 17.4. The molecule has 1 heterocycles. The van der Waals surface area contributed by atoms with Crippen molar-refractivity contribution in [3.8, 4) is 0 Å². The van der Waals surface area contributed by atoms with Gasteiger partial charge in [0.1, 0.15) is 0 Å². The van der Waals surface area contributed by atoms with Gasteiger partial charge in [-0.25, -0.2) is 4.98 Å². The van der Waals surface area contributed by atoms with Crippen molar-refractivity contribution >= 4 is 40.5 Å². The minimum Gasteiger partial charge on any atom is -0.322 e. The standard InChI is InChI=1S/C19H16N2O2S2/c1-13(22)14-5-4-6-15(9-14)21-19(23)17-7-2-3-8-18(17)25-11-16-10-24-12-20-16/h2-10,12H,11H2,1H3,(H,21,23). The average molecular weight is 368 g/mol. The normalized spacial score (nSPS) is 10.4. The highest BCUT2D eigenvalue weighted by molar-refractivity contribution is 7.98. The third-order valence-electron chi connectivity index (χ3n) is 3.52. The van der Waals surface area contributed by atoms with Crippen molar-refractivity contribution in [2.75, 3.05) is 5.32 Å². The third kappa shape index (κ3) is 4.55. The summed E-state index contributed by atoms with van der Waals surface area (Å²) in [6.45, 7) is 1.51. The highest BCUT2D eigenvalue weighted by Crippen LogP contribution is 2.27. The van der Waals surface area contributed by atoms with Gasteiger partial charge in [0.25, 0.3) is 5.91 Å². The zero-order chi connectivity index (χ0) is 17.6. The molecule has 0 aliphatic carbocycles. The Kier molecular flexibility index (Phi) is 5.63. The van der Waals surface area contributed by atoms with Crippen molar-refractivity contribution < 1.29 is 9.59 Å². The zero-order valence-corrected chi connectivity index (χ0v) is 15.2. The summed E-state index contributed by atoms with van der Waals surface area (Å²) in [7, 11) is 0. The summed E-state index contributed by atoms with van der Waals surface area (Å²) >= 11 is 3.14. The van der Waals surface area contributed by atoms with E-state index in [2.05, 4.69) is 10.3 Å². The second kappa shape index (κ2) is 8.09. The zero-order valence-electron chi connectivity index (χ0n) is 13.6. The van der Waals surface area contributed by atoms with Crippen molar-refractivity contribution in [1.29, 1.82) is 0 Å². The summed E-state index contributed by atoms with van der Waals surface area (Å²) in [6.07, 6.45) is 0. The predicted molar refractivity (Wildman–Crippen MR) is 103 cm³/mol. The number of Topliss-reactive ketones (excluding diaryl/α,β-unsaturated/α-hetero) is 1. The van der Waals surface area contributed by atoms with Crippen LogP contribution in [0.4, 0.5) is 5.69 Å². The maximum atomic E-state index is 12.7. The number of benzene rings is 2.